The van der Waals surface area contributed by atoms with Crippen LogP contribution in [0.15, 0.2) is 78.9 Å². The number of nitrogens with one attached hydrogen (secondary N) is 1. The predicted octanol–water partition coefficient (Wildman–Crippen LogP) is 7.27. The van der Waals surface area contributed by atoms with Crippen LogP contribution in [0.25, 0.3) is 33.2 Å². The number of H-pyrrole nitrogens is 1. The second-order valence-electron chi connectivity index (χ2n) is 9.15. The van der Waals surface area contributed by atoms with Gasteiger partial charge >= 0.3 is 5.97 Å². The van der Waals surface area contributed by atoms with Crippen LogP contribution in [0.1, 0.15) is 32.7 Å². The van der Waals surface area contributed by atoms with Gasteiger partial charge in [0.25, 0.3) is 0 Å². The first kappa shape index (κ1) is 25.9. The van der Waals surface area contributed by atoms with E-state index in [0.717, 1.165) is 22.3 Å². The first-order chi connectivity index (χ1) is 18.2. The summed E-state index contributed by atoms with van der Waals surface area (Å²) >= 11 is 4.46. The first-order valence-corrected chi connectivity index (χ1v) is 13.4. The maximum Gasteiger partial charge on any atom is 0.335 e. The van der Waals surface area contributed by atoms with Gasteiger partial charge < -0.3 is 14.6 Å². The van der Waals surface area contributed by atoms with E-state index in [1.807, 2.05) is 36.4 Å². The summed E-state index contributed by atoms with van der Waals surface area (Å²) in [5, 5.41) is 10.3. The zero-order valence-electron chi connectivity index (χ0n) is 20.3. The molecule has 0 aliphatic rings. The maximum atomic E-state index is 15.4. The summed E-state index contributed by atoms with van der Waals surface area (Å²) in [5.41, 5.74) is 6.58. The van der Waals surface area contributed by atoms with Crippen LogP contribution in [0.5, 0.6) is 0 Å². The summed E-state index contributed by atoms with van der Waals surface area (Å²) in [7, 11) is 0. The van der Waals surface area contributed by atoms with Gasteiger partial charge in [-0.3, -0.25) is 4.21 Å². The van der Waals surface area contributed by atoms with Crippen LogP contribution >= 0.6 is 11.6 Å². The van der Waals surface area contributed by atoms with Gasteiger partial charge in [-0.2, -0.15) is 0 Å². The predicted molar refractivity (Wildman–Crippen MR) is 148 cm³/mol. The quantitative estimate of drug-likeness (QED) is 0.210. The molecule has 5 rings (SSSR count). The minimum atomic E-state index is -2.13. The lowest BCUT2D eigenvalue weighted by atomic mass is 9.99. The highest BCUT2D eigenvalue weighted by Gasteiger charge is 2.17. The highest BCUT2D eigenvalue weighted by molar-refractivity contribution is 7.78. The fourth-order valence-electron chi connectivity index (χ4n) is 4.57. The Labute approximate surface area is 226 Å². The second-order valence-corrected chi connectivity index (χ2v) is 10.5. The maximum absolute atomic E-state index is 15.4. The van der Waals surface area contributed by atoms with Crippen LogP contribution in [-0.4, -0.2) is 24.8 Å². The van der Waals surface area contributed by atoms with Gasteiger partial charge in [0, 0.05) is 23.1 Å². The van der Waals surface area contributed by atoms with Crippen LogP contribution in [-0.2, 0) is 23.3 Å². The van der Waals surface area contributed by atoms with E-state index in [4.69, 9.17) is 11.6 Å². The summed E-state index contributed by atoms with van der Waals surface area (Å²) in [6.07, 6.45) is 0.215. The average Bonchev–Trinajstić information content (AvgIpc) is 3.18. The van der Waals surface area contributed by atoms with Crippen molar-refractivity contribution in [1.82, 2.24) is 4.98 Å². The molecule has 0 amide bonds. The Balaban J connectivity index is 1.43. The van der Waals surface area contributed by atoms with E-state index < -0.39 is 22.9 Å². The molecule has 0 saturated heterocycles. The fourth-order valence-corrected chi connectivity index (χ4v) is 5.30. The Kier molecular flexibility index (Phi) is 7.17. The summed E-state index contributed by atoms with van der Waals surface area (Å²) in [4.78, 5) is 14.6. The normalized spacial score (nSPS) is 12.1. The monoisotopic (exact) mass is 546 g/mol. The topological polar surface area (TPSA) is 93.2 Å². The number of halogens is 2. The van der Waals surface area contributed by atoms with Gasteiger partial charge in [-0.25, -0.2) is 9.18 Å². The number of aromatic amines is 1. The van der Waals surface area contributed by atoms with E-state index in [2.05, 4.69) is 4.98 Å². The highest BCUT2D eigenvalue weighted by Crippen LogP contribution is 2.35. The molecule has 1 heterocycles. The van der Waals surface area contributed by atoms with E-state index in [1.165, 1.54) is 0 Å². The van der Waals surface area contributed by atoms with Gasteiger partial charge in [-0.15, -0.1) is 0 Å². The lowest BCUT2D eigenvalue weighted by Crippen LogP contribution is -2.01. The van der Waals surface area contributed by atoms with E-state index in [9.17, 15) is 18.7 Å². The SMILES string of the molecule is Cc1ccc(Cc2[nH]c3cc(Cl)c(-c4ccc(-c5ccc(CS(=O)[O-])cc5)cc4)cc3c2F)cc1C(=O)O. The number of carboxylic acids is 1. The van der Waals surface area contributed by atoms with E-state index in [0.29, 0.717) is 38.3 Å². The summed E-state index contributed by atoms with van der Waals surface area (Å²) in [6, 6.07) is 23.5. The molecule has 1 unspecified atom stereocenters. The highest BCUT2D eigenvalue weighted by atomic mass is 35.5. The van der Waals surface area contributed by atoms with Gasteiger partial charge in [0.05, 0.1) is 21.8 Å². The van der Waals surface area contributed by atoms with Gasteiger partial charge in [-0.1, -0.05) is 83.3 Å². The molecule has 38 heavy (non-hydrogen) atoms. The van der Waals surface area contributed by atoms with Gasteiger partial charge in [0.15, 0.2) is 5.82 Å². The molecule has 0 fully saturated rings. The van der Waals surface area contributed by atoms with Crippen molar-refractivity contribution in [3.05, 3.63) is 118 Å². The van der Waals surface area contributed by atoms with Crippen LogP contribution in [0.4, 0.5) is 4.39 Å². The van der Waals surface area contributed by atoms with Crippen molar-refractivity contribution in [3.8, 4) is 22.3 Å². The number of aromatic carboxylic acids is 1. The molecular weight excluding hydrogens is 525 g/mol. The zero-order chi connectivity index (χ0) is 27.0. The molecule has 0 aliphatic carbocycles. The molecule has 5 nitrogen and oxygen atoms in total. The molecule has 0 aliphatic heterocycles. The van der Waals surface area contributed by atoms with Crippen LogP contribution < -0.4 is 0 Å². The van der Waals surface area contributed by atoms with Crippen LogP contribution in [0.3, 0.4) is 0 Å². The minimum Gasteiger partial charge on any atom is -0.772 e. The fraction of sp³-hybridized carbons (Fsp3) is 0.100. The molecule has 1 atom stereocenters. The third-order valence-corrected chi connectivity index (χ3v) is 7.46. The average molecular weight is 547 g/mol. The molecule has 0 radical (unpaired) electrons. The number of fused-ring (bicyclic) bond motifs is 1. The Bertz CT molecular complexity index is 1700. The second kappa shape index (κ2) is 10.5. The number of rotatable bonds is 7. The number of hydrogen-bond donors (Lipinski definition) is 2. The van der Waals surface area contributed by atoms with Crippen molar-refractivity contribution in [2.75, 3.05) is 0 Å². The lowest BCUT2D eigenvalue weighted by molar-refractivity contribution is 0.0696. The first-order valence-electron chi connectivity index (χ1n) is 11.8. The molecule has 2 N–H and O–H groups in total. The number of carboxylic acid groups (broad SMARTS) is 1. The lowest BCUT2D eigenvalue weighted by Gasteiger charge is -2.09. The number of aryl methyl sites for hydroxylation is 1. The third-order valence-electron chi connectivity index (χ3n) is 6.58. The largest absolute Gasteiger partial charge is 0.772 e. The third kappa shape index (κ3) is 5.27. The van der Waals surface area contributed by atoms with Gasteiger partial charge in [0.1, 0.15) is 0 Å². The van der Waals surface area contributed by atoms with Crippen molar-refractivity contribution in [1.29, 1.82) is 0 Å². The van der Waals surface area contributed by atoms with Crippen molar-refractivity contribution in [3.63, 3.8) is 0 Å². The molecule has 5 aromatic rings. The number of hydrogen-bond acceptors (Lipinski definition) is 3. The number of carbonyl (C=O) groups is 1. The van der Waals surface area contributed by atoms with Crippen LogP contribution in [0, 0.1) is 12.7 Å². The minimum absolute atomic E-state index is 0.0218. The molecule has 8 heteroatoms. The van der Waals surface area contributed by atoms with E-state index in [-0.39, 0.29) is 17.7 Å². The van der Waals surface area contributed by atoms with E-state index >= 15 is 4.39 Å². The van der Waals surface area contributed by atoms with Crippen molar-refractivity contribution in [2.24, 2.45) is 0 Å². The molecule has 0 spiro atoms. The molecule has 0 bridgehead atoms. The standard InChI is InChI=1S/C30H23ClFNO4S/c1-17-2-3-19(12-23(17)30(34)35)13-28-29(32)25-14-24(26(31)15-27(25)33-28)22-10-8-21(9-11-22)20-6-4-18(5-7-20)16-38(36)37/h2-12,14-15,33H,13,16H2,1H3,(H,34,35)(H,36,37)/p-1. The molecule has 0 saturated carbocycles. The summed E-state index contributed by atoms with van der Waals surface area (Å²) in [6.45, 7) is 1.73. The van der Waals surface area contributed by atoms with Crippen molar-refractivity contribution < 1.29 is 23.1 Å². The zero-order valence-corrected chi connectivity index (χ0v) is 21.8. The Morgan fingerprint density at radius 3 is 2.18 bits per heavy atom. The number of benzene rings is 4. The molecule has 192 valence electrons. The van der Waals surface area contributed by atoms with E-state index in [1.54, 1.807) is 49.4 Å². The number of aromatic nitrogens is 1. The summed E-state index contributed by atoms with van der Waals surface area (Å²) < 4.78 is 37.2. The molecular formula is C30H22ClFNO4S-. The van der Waals surface area contributed by atoms with Crippen molar-refractivity contribution in [2.45, 2.75) is 19.1 Å². The molecule has 1 aromatic heterocycles. The van der Waals surface area contributed by atoms with Gasteiger partial charge in [0.2, 0.25) is 0 Å². The van der Waals surface area contributed by atoms with Gasteiger partial charge in [-0.05, 0) is 58.5 Å². The Hall–Kier alpha value is -3.78. The summed E-state index contributed by atoms with van der Waals surface area (Å²) in [5.74, 6) is -1.43. The molecule has 4 aromatic carbocycles. The smallest absolute Gasteiger partial charge is 0.335 e. The Morgan fingerprint density at radius 2 is 1.55 bits per heavy atom. The van der Waals surface area contributed by atoms with Crippen molar-refractivity contribution >= 4 is 39.6 Å². The van der Waals surface area contributed by atoms with Crippen LogP contribution in [0.2, 0.25) is 5.02 Å². The Morgan fingerprint density at radius 1 is 0.947 bits per heavy atom.